The summed E-state index contributed by atoms with van der Waals surface area (Å²) >= 11 is 0. The van der Waals surface area contributed by atoms with Gasteiger partial charge in [0, 0.05) is 25.8 Å². The molecule has 0 amide bonds. The molecule has 7 heteroatoms. The van der Waals surface area contributed by atoms with Crippen LogP contribution in [0.3, 0.4) is 0 Å². The van der Waals surface area contributed by atoms with Gasteiger partial charge in [0.1, 0.15) is 5.82 Å². The first-order valence-electron chi connectivity index (χ1n) is 8.38. The molecule has 3 rings (SSSR count). The largest absolute Gasteiger partial charge is 0.370 e. The second kappa shape index (κ2) is 7.93. The Balaban J connectivity index is 1.47. The van der Waals surface area contributed by atoms with Crippen molar-refractivity contribution in [3.05, 3.63) is 60.2 Å². The van der Waals surface area contributed by atoms with Crippen LogP contribution in [0.1, 0.15) is 18.4 Å². The molecule has 1 saturated heterocycles. The van der Waals surface area contributed by atoms with Crippen LogP contribution in [0.2, 0.25) is 0 Å². The van der Waals surface area contributed by atoms with E-state index in [0.29, 0.717) is 18.0 Å². The molecule has 1 aromatic heterocycles. The number of anilines is 1. The number of piperidine rings is 1. The second-order valence-corrected chi connectivity index (χ2v) is 8.19. The average molecular weight is 363 g/mol. The van der Waals surface area contributed by atoms with E-state index in [9.17, 15) is 12.8 Å². The molecule has 0 spiro atoms. The van der Waals surface area contributed by atoms with Gasteiger partial charge in [0.05, 0.1) is 17.6 Å². The highest BCUT2D eigenvalue weighted by Gasteiger charge is 2.21. The fourth-order valence-electron chi connectivity index (χ4n) is 3.08. The summed E-state index contributed by atoms with van der Waals surface area (Å²) < 4.78 is 40.2. The minimum Gasteiger partial charge on any atom is -0.370 e. The van der Waals surface area contributed by atoms with E-state index in [1.165, 1.54) is 18.2 Å². The van der Waals surface area contributed by atoms with Crippen molar-refractivity contribution in [2.75, 3.05) is 24.5 Å². The Hall–Kier alpha value is -1.99. The van der Waals surface area contributed by atoms with Crippen molar-refractivity contribution in [3.8, 4) is 0 Å². The van der Waals surface area contributed by atoms with Crippen molar-refractivity contribution in [2.24, 2.45) is 5.92 Å². The zero-order chi connectivity index (χ0) is 17.7. The summed E-state index contributed by atoms with van der Waals surface area (Å²) in [7, 11) is -3.46. The Morgan fingerprint density at radius 1 is 1.20 bits per heavy atom. The van der Waals surface area contributed by atoms with E-state index in [0.717, 1.165) is 31.6 Å². The number of sulfonamides is 1. The summed E-state index contributed by atoms with van der Waals surface area (Å²) in [6, 6.07) is 9.66. The molecular weight excluding hydrogens is 341 g/mol. The molecule has 2 heterocycles. The Bertz CT molecular complexity index is 791. The Morgan fingerprint density at radius 3 is 2.68 bits per heavy atom. The molecule has 0 unspecified atom stereocenters. The molecule has 1 aliphatic heterocycles. The third-order valence-corrected chi connectivity index (χ3v) is 5.78. The topological polar surface area (TPSA) is 62.3 Å². The molecule has 1 aromatic carbocycles. The lowest BCUT2D eigenvalue weighted by atomic mass is 9.97. The van der Waals surface area contributed by atoms with E-state index >= 15 is 0 Å². The van der Waals surface area contributed by atoms with Crippen LogP contribution in [-0.2, 0) is 15.8 Å². The first kappa shape index (κ1) is 17.8. The molecule has 25 heavy (non-hydrogen) atoms. The van der Waals surface area contributed by atoms with Crippen molar-refractivity contribution in [1.29, 1.82) is 0 Å². The first-order chi connectivity index (χ1) is 12.0. The maximum absolute atomic E-state index is 13.2. The number of halogens is 1. The smallest absolute Gasteiger partial charge is 0.215 e. The van der Waals surface area contributed by atoms with Crippen LogP contribution in [-0.4, -0.2) is 33.0 Å². The molecule has 1 aliphatic rings. The highest BCUT2D eigenvalue weighted by atomic mass is 32.2. The van der Waals surface area contributed by atoms with Crippen molar-refractivity contribution in [1.82, 2.24) is 9.71 Å². The maximum Gasteiger partial charge on any atom is 0.215 e. The van der Waals surface area contributed by atoms with Gasteiger partial charge in [0.2, 0.25) is 10.0 Å². The molecular formula is C18H22FN3O2S. The number of rotatable bonds is 6. The molecule has 5 nitrogen and oxygen atoms in total. The van der Waals surface area contributed by atoms with E-state index in [4.69, 9.17) is 0 Å². The van der Waals surface area contributed by atoms with E-state index in [1.807, 2.05) is 18.3 Å². The number of nitrogens with zero attached hydrogens (tertiary/aromatic N) is 2. The number of hydrogen-bond acceptors (Lipinski definition) is 4. The minimum atomic E-state index is -3.46. The summed E-state index contributed by atoms with van der Waals surface area (Å²) in [5.41, 5.74) is 1.56. The molecule has 134 valence electrons. The van der Waals surface area contributed by atoms with Gasteiger partial charge in [-0.05, 0) is 48.6 Å². The van der Waals surface area contributed by atoms with Gasteiger partial charge in [-0.2, -0.15) is 0 Å². The van der Waals surface area contributed by atoms with Crippen LogP contribution >= 0.6 is 0 Å². The van der Waals surface area contributed by atoms with Gasteiger partial charge in [-0.3, -0.25) is 4.98 Å². The summed E-state index contributed by atoms with van der Waals surface area (Å²) in [6.07, 6.45) is 5.46. The van der Waals surface area contributed by atoms with Gasteiger partial charge in [-0.1, -0.05) is 12.1 Å². The summed E-state index contributed by atoms with van der Waals surface area (Å²) in [5, 5.41) is 0. The maximum atomic E-state index is 13.2. The zero-order valence-corrected chi connectivity index (χ0v) is 14.8. The van der Waals surface area contributed by atoms with Crippen LogP contribution in [0.5, 0.6) is 0 Å². The normalized spacial score (nSPS) is 16.1. The number of aromatic nitrogens is 1. The quantitative estimate of drug-likeness (QED) is 0.857. The predicted octanol–water partition coefficient (Wildman–Crippen LogP) is 2.56. The van der Waals surface area contributed by atoms with Crippen LogP contribution in [0, 0.1) is 11.7 Å². The molecule has 0 atom stereocenters. The third kappa shape index (κ3) is 5.24. The number of nitrogens with one attached hydrogen (secondary N) is 1. The second-order valence-electron chi connectivity index (χ2n) is 6.38. The molecule has 0 radical (unpaired) electrons. The van der Waals surface area contributed by atoms with Gasteiger partial charge < -0.3 is 4.90 Å². The lowest BCUT2D eigenvalue weighted by Gasteiger charge is -2.33. The lowest BCUT2D eigenvalue weighted by Crippen LogP contribution is -2.39. The zero-order valence-electron chi connectivity index (χ0n) is 13.9. The number of pyridine rings is 1. The monoisotopic (exact) mass is 363 g/mol. The lowest BCUT2D eigenvalue weighted by molar-refractivity contribution is 0.402. The SMILES string of the molecule is O=S(=O)(Cc1cccc(F)c1)NCC1CCN(c2cccnc2)CC1. The standard InChI is InChI=1S/C18H22FN3O2S/c19-17-4-1-3-16(11-17)14-25(23,24)21-12-15-6-9-22(10-7-15)18-5-2-8-20-13-18/h1-5,8,11,13,15,21H,6-7,9-10,12,14H2. The van der Waals surface area contributed by atoms with E-state index in [2.05, 4.69) is 14.6 Å². The fraction of sp³-hybridized carbons (Fsp3) is 0.389. The van der Waals surface area contributed by atoms with E-state index < -0.39 is 15.8 Å². The summed E-state index contributed by atoms with van der Waals surface area (Å²) in [6.45, 7) is 2.21. The van der Waals surface area contributed by atoms with Crippen LogP contribution in [0.4, 0.5) is 10.1 Å². The van der Waals surface area contributed by atoms with Crippen molar-refractivity contribution < 1.29 is 12.8 Å². The van der Waals surface area contributed by atoms with E-state index in [1.54, 1.807) is 12.3 Å². The Morgan fingerprint density at radius 2 is 2.00 bits per heavy atom. The van der Waals surface area contributed by atoms with Crippen LogP contribution in [0.25, 0.3) is 0 Å². The summed E-state index contributed by atoms with van der Waals surface area (Å²) in [5.74, 6) is -0.301. The van der Waals surface area contributed by atoms with E-state index in [-0.39, 0.29) is 5.75 Å². The third-order valence-electron chi connectivity index (χ3n) is 4.46. The van der Waals surface area contributed by atoms with Crippen LogP contribution < -0.4 is 9.62 Å². The van der Waals surface area contributed by atoms with Crippen molar-refractivity contribution >= 4 is 15.7 Å². The predicted molar refractivity (Wildman–Crippen MR) is 96.2 cm³/mol. The van der Waals surface area contributed by atoms with Gasteiger partial charge in [0.15, 0.2) is 0 Å². The molecule has 0 saturated carbocycles. The summed E-state index contributed by atoms with van der Waals surface area (Å²) in [4.78, 5) is 6.40. The highest BCUT2D eigenvalue weighted by Crippen LogP contribution is 2.22. The molecule has 0 bridgehead atoms. The molecule has 2 aromatic rings. The van der Waals surface area contributed by atoms with Crippen molar-refractivity contribution in [2.45, 2.75) is 18.6 Å². The number of benzene rings is 1. The fourth-order valence-corrected chi connectivity index (χ4v) is 4.29. The van der Waals surface area contributed by atoms with Gasteiger partial charge in [-0.15, -0.1) is 0 Å². The number of hydrogen-bond donors (Lipinski definition) is 1. The molecule has 0 aliphatic carbocycles. The average Bonchev–Trinajstić information content (AvgIpc) is 2.61. The molecule has 1 N–H and O–H groups in total. The Kier molecular flexibility index (Phi) is 5.65. The highest BCUT2D eigenvalue weighted by molar-refractivity contribution is 7.88. The van der Waals surface area contributed by atoms with Gasteiger partial charge >= 0.3 is 0 Å². The van der Waals surface area contributed by atoms with Gasteiger partial charge in [-0.25, -0.2) is 17.5 Å². The minimum absolute atomic E-state index is 0.195. The molecule has 1 fully saturated rings. The van der Waals surface area contributed by atoms with Crippen molar-refractivity contribution in [3.63, 3.8) is 0 Å². The van der Waals surface area contributed by atoms with Crippen LogP contribution in [0.15, 0.2) is 48.8 Å². The van der Waals surface area contributed by atoms with Gasteiger partial charge in [0.25, 0.3) is 0 Å². The Labute approximate surface area is 147 Å². The first-order valence-corrected chi connectivity index (χ1v) is 10.0.